The number of carbonyl (C=O) groups excluding carboxylic acids is 2. The second-order valence-electron chi connectivity index (χ2n) is 6.66. The molecular weight excluding hydrogens is 366 g/mol. The zero-order valence-corrected chi connectivity index (χ0v) is 15.7. The van der Waals surface area contributed by atoms with E-state index in [1.807, 2.05) is 60.8 Å². The van der Waals surface area contributed by atoms with E-state index < -0.39 is 0 Å². The molecule has 0 aliphatic carbocycles. The van der Waals surface area contributed by atoms with Crippen molar-refractivity contribution in [3.8, 4) is 0 Å². The van der Waals surface area contributed by atoms with Gasteiger partial charge in [-0.15, -0.1) is 0 Å². The number of rotatable bonds is 7. The molecule has 2 heterocycles. The van der Waals surface area contributed by atoms with E-state index in [0.717, 1.165) is 22.0 Å². The number of aromatic amines is 2. The van der Waals surface area contributed by atoms with Crippen LogP contribution < -0.4 is 10.6 Å². The van der Waals surface area contributed by atoms with Crippen molar-refractivity contribution in [2.75, 3.05) is 6.54 Å². The molecule has 146 valence electrons. The molecule has 2 amide bonds. The molecule has 0 bridgehead atoms. The minimum Gasteiger partial charge on any atom is -0.361 e. The van der Waals surface area contributed by atoms with Crippen LogP contribution >= 0.6 is 0 Å². The Bertz CT molecular complexity index is 1130. The van der Waals surface area contributed by atoms with Crippen molar-refractivity contribution in [3.05, 3.63) is 89.6 Å². The SMILES string of the molecule is O=C(NCCc1c[nH]c2ccccc12)c1nc[nH]c1C(=O)NCc1ccccc1. The van der Waals surface area contributed by atoms with E-state index in [2.05, 4.69) is 25.6 Å². The van der Waals surface area contributed by atoms with Gasteiger partial charge >= 0.3 is 0 Å². The highest BCUT2D eigenvalue weighted by atomic mass is 16.2. The summed E-state index contributed by atoms with van der Waals surface area (Å²) < 4.78 is 0. The van der Waals surface area contributed by atoms with Gasteiger partial charge in [-0.05, 0) is 23.6 Å². The predicted molar refractivity (Wildman–Crippen MR) is 111 cm³/mol. The Labute approximate surface area is 167 Å². The van der Waals surface area contributed by atoms with E-state index in [1.165, 1.54) is 6.33 Å². The summed E-state index contributed by atoms with van der Waals surface area (Å²) in [5, 5.41) is 6.78. The molecule has 0 fully saturated rings. The van der Waals surface area contributed by atoms with Crippen molar-refractivity contribution in [2.45, 2.75) is 13.0 Å². The van der Waals surface area contributed by atoms with Crippen LogP contribution in [0.5, 0.6) is 0 Å². The van der Waals surface area contributed by atoms with Gasteiger partial charge in [0, 0.05) is 30.2 Å². The first-order valence-electron chi connectivity index (χ1n) is 9.41. The minimum atomic E-state index is -0.379. The fourth-order valence-corrected chi connectivity index (χ4v) is 3.24. The number of aromatic nitrogens is 3. The number of nitrogens with zero attached hydrogens (tertiary/aromatic N) is 1. The minimum absolute atomic E-state index is 0.0921. The first-order chi connectivity index (χ1) is 14.2. The molecule has 4 aromatic rings. The molecule has 0 saturated heterocycles. The highest BCUT2D eigenvalue weighted by molar-refractivity contribution is 6.04. The van der Waals surface area contributed by atoms with Crippen molar-refractivity contribution in [1.29, 1.82) is 0 Å². The molecule has 0 spiro atoms. The third-order valence-corrected chi connectivity index (χ3v) is 4.73. The Hall–Kier alpha value is -3.87. The highest BCUT2D eigenvalue weighted by Crippen LogP contribution is 2.17. The molecule has 0 aliphatic heterocycles. The smallest absolute Gasteiger partial charge is 0.272 e. The summed E-state index contributed by atoms with van der Waals surface area (Å²) in [6.45, 7) is 0.818. The molecule has 2 aromatic heterocycles. The average molecular weight is 387 g/mol. The van der Waals surface area contributed by atoms with Crippen molar-refractivity contribution in [2.24, 2.45) is 0 Å². The zero-order valence-electron chi connectivity index (χ0n) is 15.7. The van der Waals surface area contributed by atoms with Gasteiger partial charge in [0.05, 0.1) is 6.33 Å². The molecule has 4 N–H and O–H groups in total. The second-order valence-corrected chi connectivity index (χ2v) is 6.66. The molecular formula is C22H21N5O2. The van der Waals surface area contributed by atoms with E-state index in [1.54, 1.807) is 0 Å². The number of fused-ring (bicyclic) bond motifs is 1. The van der Waals surface area contributed by atoms with Crippen LogP contribution in [0.4, 0.5) is 0 Å². The Morgan fingerprint density at radius 2 is 1.69 bits per heavy atom. The maximum atomic E-state index is 12.5. The van der Waals surface area contributed by atoms with Crippen LogP contribution in [-0.4, -0.2) is 33.3 Å². The molecule has 2 aromatic carbocycles. The van der Waals surface area contributed by atoms with Crippen LogP contribution in [0.3, 0.4) is 0 Å². The number of hydrogen-bond acceptors (Lipinski definition) is 3. The summed E-state index contributed by atoms with van der Waals surface area (Å²) in [5.41, 5.74) is 3.42. The number of hydrogen-bond donors (Lipinski definition) is 4. The molecule has 0 unspecified atom stereocenters. The summed E-state index contributed by atoms with van der Waals surface area (Å²) in [6, 6.07) is 17.6. The summed E-state index contributed by atoms with van der Waals surface area (Å²) in [5.74, 6) is -0.746. The van der Waals surface area contributed by atoms with Crippen LogP contribution in [-0.2, 0) is 13.0 Å². The topological polar surface area (TPSA) is 103 Å². The van der Waals surface area contributed by atoms with Gasteiger partial charge in [0.2, 0.25) is 0 Å². The first-order valence-corrected chi connectivity index (χ1v) is 9.41. The molecule has 0 aliphatic rings. The number of H-pyrrole nitrogens is 2. The molecule has 29 heavy (non-hydrogen) atoms. The van der Waals surface area contributed by atoms with Crippen molar-refractivity contribution < 1.29 is 9.59 Å². The number of amides is 2. The molecule has 7 nitrogen and oxygen atoms in total. The largest absolute Gasteiger partial charge is 0.361 e. The van der Waals surface area contributed by atoms with Gasteiger partial charge < -0.3 is 20.6 Å². The number of nitrogens with one attached hydrogen (secondary N) is 4. The lowest BCUT2D eigenvalue weighted by molar-refractivity contribution is 0.0913. The van der Waals surface area contributed by atoms with Crippen LogP contribution in [0.25, 0.3) is 10.9 Å². The number of imidazole rings is 1. The maximum absolute atomic E-state index is 12.5. The lowest BCUT2D eigenvalue weighted by Gasteiger charge is -2.07. The standard InChI is InChI=1S/C22H21N5O2/c28-21(23-11-10-16-13-24-18-9-5-4-8-17(16)18)19-20(27-14-26-19)22(29)25-12-15-6-2-1-3-7-15/h1-9,13-14,24H,10-12H2,(H,23,28)(H,25,29)(H,26,27). The Kier molecular flexibility index (Phi) is 5.38. The predicted octanol–water partition coefficient (Wildman–Crippen LogP) is 2.79. The van der Waals surface area contributed by atoms with Gasteiger partial charge in [-0.3, -0.25) is 9.59 Å². The normalized spacial score (nSPS) is 10.8. The van der Waals surface area contributed by atoms with Crippen molar-refractivity contribution >= 4 is 22.7 Å². The van der Waals surface area contributed by atoms with E-state index in [4.69, 9.17) is 0 Å². The van der Waals surface area contributed by atoms with Crippen LogP contribution in [0.1, 0.15) is 32.1 Å². The van der Waals surface area contributed by atoms with Gasteiger partial charge in [-0.2, -0.15) is 0 Å². The fraction of sp³-hybridized carbons (Fsp3) is 0.136. The maximum Gasteiger partial charge on any atom is 0.272 e. The monoisotopic (exact) mass is 387 g/mol. The van der Waals surface area contributed by atoms with Crippen LogP contribution in [0.2, 0.25) is 0 Å². The summed E-state index contributed by atoms with van der Waals surface area (Å²) >= 11 is 0. The Morgan fingerprint density at radius 3 is 2.55 bits per heavy atom. The Balaban J connectivity index is 1.34. The third kappa shape index (κ3) is 4.19. The van der Waals surface area contributed by atoms with Crippen LogP contribution in [0.15, 0.2) is 67.1 Å². The summed E-state index contributed by atoms with van der Waals surface area (Å²) in [4.78, 5) is 35.0. The number of para-hydroxylation sites is 1. The fourth-order valence-electron chi connectivity index (χ4n) is 3.24. The van der Waals surface area contributed by atoms with Crippen molar-refractivity contribution in [3.63, 3.8) is 0 Å². The lowest BCUT2D eigenvalue weighted by Crippen LogP contribution is -2.30. The van der Waals surface area contributed by atoms with E-state index in [9.17, 15) is 9.59 Å². The second kappa shape index (κ2) is 8.43. The van der Waals surface area contributed by atoms with Crippen LogP contribution in [0, 0.1) is 0 Å². The van der Waals surface area contributed by atoms with Gasteiger partial charge in [0.25, 0.3) is 11.8 Å². The van der Waals surface area contributed by atoms with E-state index in [0.29, 0.717) is 19.5 Å². The van der Waals surface area contributed by atoms with Gasteiger partial charge in [0.1, 0.15) is 5.69 Å². The van der Waals surface area contributed by atoms with E-state index >= 15 is 0 Å². The first kappa shape index (κ1) is 18.5. The molecule has 0 atom stereocenters. The number of carbonyl (C=O) groups is 2. The average Bonchev–Trinajstić information content (AvgIpc) is 3.40. The zero-order chi connectivity index (χ0) is 20.1. The molecule has 0 radical (unpaired) electrons. The highest BCUT2D eigenvalue weighted by Gasteiger charge is 2.20. The van der Waals surface area contributed by atoms with E-state index in [-0.39, 0.29) is 23.2 Å². The molecule has 0 saturated carbocycles. The summed E-state index contributed by atoms with van der Waals surface area (Å²) in [6.07, 6.45) is 3.98. The third-order valence-electron chi connectivity index (χ3n) is 4.73. The lowest BCUT2D eigenvalue weighted by atomic mass is 10.1. The van der Waals surface area contributed by atoms with Gasteiger partial charge in [0.15, 0.2) is 5.69 Å². The van der Waals surface area contributed by atoms with Gasteiger partial charge in [-0.1, -0.05) is 48.5 Å². The molecule has 4 rings (SSSR count). The quantitative estimate of drug-likeness (QED) is 0.392. The van der Waals surface area contributed by atoms with Gasteiger partial charge in [-0.25, -0.2) is 4.98 Å². The molecule has 7 heteroatoms. The summed E-state index contributed by atoms with van der Waals surface area (Å²) in [7, 11) is 0. The number of benzene rings is 2. The van der Waals surface area contributed by atoms with Crippen molar-refractivity contribution in [1.82, 2.24) is 25.6 Å². The Morgan fingerprint density at radius 1 is 0.897 bits per heavy atom.